The van der Waals surface area contributed by atoms with Crippen LogP contribution in [0, 0.1) is 18.3 Å². The molecule has 2 heterocycles. The smallest absolute Gasteiger partial charge is 0.343 e. The molecule has 0 bridgehead atoms. The molecule has 0 radical (unpaired) electrons. The maximum atomic E-state index is 12.6. The van der Waals surface area contributed by atoms with Crippen LogP contribution in [0.1, 0.15) is 22.8 Å². The molecule has 3 rings (SSSR count). The number of hydrogen-bond donors (Lipinski definition) is 1. The Morgan fingerprint density at radius 2 is 1.70 bits per heavy atom. The minimum absolute atomic E-state index is 0.0733. The number of aryl methyl sites for hydroxylation is 1. The van der Waals surface area contributed by atoms with E-state index in [1.54, 1.807) is 25.1 Å². The van der Waals surface area contributed by atoms with E-state index >= 15 is 0 Å². The molecule has 1 aromatic heterocycles. The van der Waals surface area contributed by atoms with Crippen molar-refractivity contribution in [1.29, 1.82) is 5.26 Å². The number of nitrogens with two attached hydrogens (primary N) is 1. The van der Waals surface area contributed by atoms with Crippen LogP contribution in [0.5, 0.6) is 23.0 Å². The van der Waals surface area contributed by atoms with E-state index in [-0.39, 0.29) is 22.8 Å². The molecule has 8 heteroatoms. The van der Waals surface area contributed by atoms with Crippen LogP contribution in [0.3, 0.4) is 0 Å². The number of fused-ring (bicyclic) bond motifs is 1. The molecule has 1 aromatic carbocycles. The first-order valence-electron chi connectivity index (χ1n) is 7.97. The van der Waals surface area contributed by atoms with E-state index in [9.17, 15) is 10.1 Å². The van der Waals surface area contributed by atoms with Crippen molar-refractivity contribution in [3.8, 4) is 29.1 Å². The summed E-state index contributed by atoms with van der Waals surface area (Å²) in [4.78, 5) is 12.6. The summed E-state index contributed by atoms with van der Waals surface area (Å²) in [6.07, 6.45) is 0. The van der Waals surface area contributed by atoms with Gasteiger partial charge in [0, 0.05) is 17.7 Å². The van der Waals surface area contributed by atoms with E-state index in [0.717, 1.165) is 0 Å². The van der Waals surface area contributed by atoms with Gasteiger partial charge in [0.2, 0.25) is 5.88 Å². The standard InChI is InChI=1S/C19H18N2O6/c1-9-5-15-17(19(22)26-9)16(11(8-20)18(21)27-15)10-6-13(24-3)14(25-4)7-12(10)23-2/h5-7,16H,21H2,1-4H3. The minimum Gasteiger partial charge on any atom is -0.496 e. The second-order valence-electron chi connectivity index (χ2n) is 5.80. The average Bonchev–Trinajstić information content (AvgIpc) is 2.65. The molecule has 8 nitrogen and oxygen atoms in total. The van der Waals surface area contributed by atoms with Gasteiger partial charge in [-0.15, -0.1) is 0 Å². The summed E-state index contributed by atoms with van der Waals surface area (Å²) in [5.74, 6) is 0.922. The Bertz CT molecular complexity index is 1030. The molecule has 2 N–H and O–H groups in total. The largest absolute Gasteiger partial charge is 0.496 e. The predicted molar refractivity (Wildman–Crippen MR) is 95.1 cm³/mol. The second-order valence-corrected chi connectivity index (χ2v) is 5.80. The van der Waals surface area contributed by atoms with Crippen LogP contribution in [-0.4, -0.2) is 21.3 Å². The Balaban J connectivity index is 2.37. The molecule has 0 amide bonds. The first-order chi connectivity index (χ1) is 12.9. The van der Waals surface area contributed by atoms with Gasteiger partial charge in [0.25, 0.3) is 0 Å². The summed E-state index contributed by atoms with van der Waals surface area (Å²) in [7, 11) is 4.46. The number of nitriles is 1. The molecule has 0 aliphatic carbocycles. The van der Waals surface area contributed by atoms with Crippen LogP contribution in [0.15, 0.2) is 38.9 Å². The van der Waals surface area contributed by atoms with E-state index in [0.29, 0.717) is 28.6 Å². The Morgan fingerprint density at radius 1 is 1.07 bits per heavy atom. The summed E-state index contributed by atoms with van der Waals surface area (Å²) in [5.41, 5.74) is 6.07. The monoisotopic (exact) mass is 370 g/mol. The van der Waals surface area contributed by atoms with Gasteiger partial charge in [-0.25, -0.2) is 4.79 Å². The second kappa shape index (κ2) is 6.96. The quantitative estimate of drug-likeness (QED) is 0.870. The van der Waals surface area contributed by atoms with Crippen molar-refractivity contribution >= 4 is 0 Å². The lowest BCUT2D eigenvalue weighted by molar-refractivity contribution is 0.345. The van der Waals surface area contributed by atoms with Gasteiger partial charge in [-0.1, -0.05) is 0 Å². The Hall–Kier alpha value is -3.60. The maximum Gasteiger partial charge on any atom is 0.343 e. The third-order valence-electron chi connectivity index (χ3n) is 4.30. The average molecular weight is 370 g/mol. The Morgan fingerprint density at radius 3 is 2.30 bits per heavy atom. The first-order valence-corrected chi connectivity index (χ1v) is 7.97. The maximum absolute atomic E-state index is 12.6. The predicted octanol–water partition coefficient (Wildman–Crippen LogP) is 2.19. The first kappa shape index (κ1) is 18.2. The number of benzene rings is 1. The van der Waals surface area contributed by atoms with Crippen LogP contribution in [0.4, 0.5) is 0 Å². The summed E-state index contributed by atoms with van der Waals surface area (Å²) < 4.78 is 26.8. The third kappa shape index (κ3) is 2.93. The van der Waals surface area contributed by atoms with Gasteiger partial charge in [0.1, 0.15) is 28.9 Å². The zero-order valence-electron chi connectivity index (χ0n) is 15.3. The fourth-order valence-corrected chi connectivity index (χ4v) is 3.11. The Labute approximate surface area is 155 Å². The van der Waals surface area contributed by atoms with Crippen LogP contribution >= 0.6 is 0 Å². The molecule has 0 spiro atoms. The molecule has 1 aliphatic heterocycles. The lowest BCUT2D eigenvalue weighted by atomic mass is 9.83. The third-order valence-corrected chi connectivity index (χ3v) is 4.30. The van der Waals surface area contributed by atoms with Crippen LogP contribution < -0.4 is 30.3 Å². The fraction of sp³-hybridized carbons (Fsp3) is 0.263. The van der Waals surface area contributed by atoms with E-state index in [2.05, 4.69) is 0 Å². The molecular weight excluding hydrogens is 352 g/mol. The molecule has 27 heavy (non-hydrogen) atoms. The summed E-state index contributed by atoms with van der Waals surface area (Å²) in [5, 5.41) is 9.66. The van der Waals surface area contributed by atoms with Crippen molar-refractivity contribution in [2.24, 2.45) is 5.73 Å². The number of allylic oxidation sites excluding steroid dienone is 1. The van der Waals surface area contributed by atoms with E-state index in [1.807, 2.05) is 6.07 Å². The zero-order chi connectivity index (χ0) is 19.7. The van der Waals surface area contributed by atoms with Crippen molar-refractivity contribution in [2.75, 3.05) is 21.3 Å². The van der Waals surface area contributed by atoms with Crippen LogP contribution in [0.25, 0.3) is 0 Å². The van der Waals surface area contributed by atoms with Gasteiger partial charge >= 0.3 is 5.63 Å². The van der Waals surface area contributed by atoms with Crippen molar-refractivity contribution in [1.82, 2.24) is 0 Å². The lowest BCUT2D eigenvalue weighted by Gasteiger charge is -2.26. The summed E-state index contributed by atoms with van der Waals surface area (Å²) in [6.45, 7) is 1.62. The molecule has 1 unspecified atom stereocenters. The van der Waals surface area contributed by atoms with Crippen molar-refractivity contribution < 1.29 is 23.4 Å². The van der Waals surface area contributed by atoms with Gasteiger partial charge < -0.3 is 29.1 Å². The molecular formula is C19H18N2O6. The highest BCUT2D eigenvalue weighted by atomic mass is 16.5. The number of nitrogens with zero attached hydrogens (tertiary/aromatic N) is 1. The summed E-state index contributed by atoms with van der Waals surface area (Å²) in [6, 6.07) is 6.83. The van der Waals surface area contributed by atoms with E-state index < -0.39 is 11.5 Å². The molecule has 2 aromatic rings. The number of methoxy groups -OCH3 is 3. The number of ether oxygens (including phenoxy) is 4. The van der Waals surface area contributed by atoms with Gasteiger partial charge in [0.05, 0.1) is 32.8 Å². The molecule has 0 saturated carbocycles. The number of rotatable bonds is 4. The summed E-state index contributed by atoms with van der Waals surface area (Å²) >= 11 is 0. The SMILES string of the molecule is COc1cc(OC)c(C2C(C#N)=C(N)Oc3cc(C)oc(=O)c32)cc1OC. The molecule has 0 fully saturated rings. The van der Waals surface area contributed by atoms with Crippen molar-refractivity contribution in [3.63, 3.8) is 0 Å². The van der Waals surface area contributed by atoms with Gasteiger partial charge in [-0.05, 0) is 13.0 Å². The normalized spacial score (nSPS) is 15.4. The highest BCUT2D eigenvalue weighted by Gasteiger charge is 2.36. The van der Waals surface area contributed by atoms with Gasteiger partial charge in [-0.3, -0.25) is 0 Å². The van der Waals surface area contributed by atoms with Crippen molar-refractivity contribution in [3.05, 3.63) is 57.0 Å². The van der Waals surface area contributed by atoms with E-state index in [4.69, 9.17) is 29.1 Å². The van der Waals surface area contributed by atoms with Gasteiger partial charge in [-0.2, -0.15) is 5.26 Å². The molecule has 1 aliphatic rings. The number of hydrogen-bond acceptors (Lipinski definition) is 8. The van der Waals surface area contributed by atoms with Crippen molar-refractivity contribution in [2.45, 2.75) is 12.8 Å². The lowest BCUT2D eigenvalue weighted by Crippen LogP contribution is -2.26. The highest BCUT2D eigenvalue weighted by molar-refractivity contribution is 5.61. The molecule has 140 valence electrons. The topological polar surface area (TPSA) is 117 Å². The van der Waals surface area contributed by atoms with Gasteiger partial charge in [0.15, 0.2) is 11.5 Å². The minimum atomic E-state index is -0.842. The highest BCUT2D eigenvalue weighted by Crippen LogP contribution is 2.46. The Kier molecular flexibility index (Phi) is 4.69. The fourth-order valence-electron chi connectivity index (χ4n) is 3.11. The molecule has 0 saturated heterocycles. The van der Waals surface area contributed by atoms with Crippen LogP contribution in [-0.2, 0) is 0 Å². The van der Waals surface area contributed by atoms with Crippen LogP contribution in [0.2, 0.25) is 0 Å². The molecule has 1 atom stereocenters. The van der Waals surface area contributed by atoms with E-state index in [1.165, 1.54) is 21.3 Å². The zero-order valence-corrected chi connectivity index (χ0v) is 15.3.